The number of carbonyl (C=O) groups excluding carboxylic acids is 1. The zero-order valence-corrected chi connectivity index (χ0v) is 15.3. The van der Waals surface area contributed by atoms with Gasteiger partial charge in [-0.25, -0.2) is 0 Å². The molecule has 0 radical (unpaired) electrons. The number of piperidine rings is 1. The van der Waals surface area contributed by atoms with Crippen molar-refractivity contribution < 1.29 is 14.5 Å². The Labute approximate surface area is 157 Å². The zero-order valence-electron chi connectivity index (χ0n) is 15.3. The number of benzene rings is 2. The van der Waals surface area contributed by atoms with Gasteiger partial charge in [-0.1, -0.05) is 18.2 Å². The Morgan fingerprint density at radius 2 is 1.96 bits per heavy atom. The molecule has 3 rings (SSSR count). The first-order valence-corrected chi connectivity index (χ1v) is 8.94. The van der Waals surface area contributed by atoms with Gasteiger partial charge in [0.25, 0.3) is 11.6 Å². The van der Waals surface area contributed by atoms with Gasteiger partial charge in [-0.05, 0) is 48.9 Å². The Hall–Kier alpha value is -3.09. The molecule has 27 heavy (non-hydrogen) atoms. The lowest BCUT2D eigenvalue weighted by molar-refractivity contribution is -0.383. The van der Waals surface area contributed by atoms with E-state index in [1.54, 1.807) is 18.1 Å². The van der Waals surface area contributed by atoms with Crippen molar-refractivity contribution in [1.29, 1.82) is 0 Å². The van der Waals surface area contributed by atoms with Crippen molar-refractivity contribution in [2.45, 2.75) is 19.3 Å². The molecule has 2 N–H and O–H groups in total. The number of carbonyl (C=O) groups is 1. The summed E-state index contributed by atoms with van der Waals surface area (Å²) in [6.07, 6.45) is 2.70. The Morgan fingerprint density at radius 1 is 1.26 bits per heavy atom. The van der Waals surface area contributed by atoms with Crippen LogP contribution in [0.2, 0.25) is 0 Å². The Morgan fingerprint density at radius 3 is 2.63 bits per heavy atom. The topological polar surface area (TPSA) is 98.7 Å². The van der Waals surface area contributed by atoms with Gasteiger partial charge in [-0.2, -0.15) is 0 Å². The number of nitrogens with zero attached hydrogens (tertiary/aromatic N) is 2. The number of hydrogen-bond donors (Lipinski definition) is 1. The minimum absolute atomic E-state index is 0.0621. The number of para-hydroxylation sites is 1. The fraction of sp³-hybridized carbons (Fsp3) is 0.350. The summed E-state index contributed by atoms with van der Waals surface area (Å²) in [7, 11) is 1.67. The molecule has 1 aliphatic heterocycles. The smallest absolute Gasteiger partial charge is 0.292 e. The summed E-state index contributed by atoms with van der Waals surface area (Å²) in [5.41, 5.74) is 6.92. The molecule has 1 saturated heterocycles. The summed E-state index contributed by atoms with van der Waals surface area (Å²) >= 11 is 0. The molecule has 0 saturated carbocycles. The molecule has 1 fully saturated rings. The molecule has 0 spiro atoms. The third-order valence-electron chi connectivity index (χ3n) is 5.08. The Bertz CT molecular complexity index is 845. The van der Waals surface area contributed by atoms with Gasteiger partial charge < -0.3 is 15.4 Å². The van der Waals surface area contributed by atoms with E-state index in [2.05, 4.69) is 6.07 Å². The average molecular weight is 369 g/mol. The highest BCUT2D eigenvalue weighted by atomic mass is 16.6. The van der Waals surface area contributed by atoms with Crippen LogP contribution in [0.3, 0.4) is 0 Å². The van der Waals surface area contributed by atoms with Gasteiger partial charge in [0.1, 0.15) is 11.4 Å². The second-order valence-electron chi connectivity index (χ2n) is 6.78. The average Bonchev–Trinajstić information content (AvgIpc) is 2.68. The predicted molar refractivity (Wildman–Crippen MR) is 103 cm³/mol. The molecule has 0 unspecified atom stereocenters. The van der Waals surface area contributed by atoms with Crippen LogP contribution in [-0.4, -0.2) is 35.9 Å². The molecule has 142 valence electrons. The number of amides is 1. The molecule has 0 bridgehead atoms. The second-order valence-corrected chi connectivity index (χ2v) is 6.78. The van der Waals surface area contributed by atoms with Crippen LogP contribution in [0.4, 0.5) is 11.4 Å². The van der Waals surface area contributed by atoms with E-state index in [-0.39, 0.29) is 17.3 Å². The van der Waals surface area contributed by atoms with Crippen LogP contribution >= 0.6 is 0 Å². The van der Waals surface area contributed by atoms with E-state index in [4.69, 9.17) is 10.5 Å². The van der Waals surface area contributed by atoms with Crippen LogP contribution in [0, 0.1) is 16.0 Å². The third-order valence-corrected chi connectivity index (χ3v) is 5.08. The summed E-state index contributed by atoms with van der Waals surface area (Å²) in [5.74, 6) is 1.19. The summed E-state index contributed by atoms with van der Waals surface area (Å²) in [5, 5.41) is 11.0. The molecule has 7 heteroatoms. The lowest BCUT2D eigenvalue weighted by Gasteiger charge is -2.32. The zero-order chi connectivity index (χ0) is 19.4. The number of methoxy groups -OCH3 is 1. The highest BCUT2D eigenvalue weighted by molar-refractivity contribution is 5.95. The molecule has 0 atom stereocenters. The normalized spacial score (nSPS) is 14.8. The molecule has 2 aromatic rings. The third kappa shape index (κ3) is 4.19. The van der Waals surface area contributed by atoms with E-state index in [0.29, 0.717) is 24.6 Å². The van der Waals surface area contributed by atoms with Crippen molar-refractivity contribution in [3.63, 3.8) is 0 Å². The molecule has 0 aliphatic carbocycles. The monoisotopic (exact) mass is 369 g/mol. The molecule has 1 heterocycles. The maximum atomic E-state index is 12.7. The van der Waals surface area contributed by atoms with Gasteiger partial charge in [0, 0.05) is 24.7 Å². The van der Waals surface area contributed by atoms with E-state index in [1.807, 2.05) is 18.2 Å². The van der Waals surface area contributed by atoms with Crippen molar-refractivity contribution in [3.05, 3.63) is 63.7 Å². The molecule has 1 amide bonds. The first-order valence-electron chi connectivity index (χ1n) is 8.94. The number of likely N-dealkylation sites (tertiary alicyclic amines) is 1. The summed E-state index contributed by atoms with van der Waals surface area (Å²) in [6, 6.07) is 12.2. The molecular formula is C20H23N3O4. The molecular weight excluding hydrogens is 346 g/mol. The molecule has 2 aromatic carbocycles. The molecule has 0 aromatic heterocycles. The van der Waals surface area contributed by atoms with E-state index in [1.165, 1.54) is 17.7 Å². The first-order chi connectivity index (χ1) is 13.0. The van der Waals surface area contributed by atoms with Crippen molar-refractivity contribution >= 4 is 17.3 Å². The molecule has 1 aliphatic rings. The SMILES string of the molecule is COc1ccccc1CC1CCN(C(=O)c2ccc(N)c([N+](=O)[O-])c2)CC1. The van der Waals surface area contributed by atoms with E-state index in [0.717, 1.165) is 25.0 Å². The van der Waals surface area contributed by atoms with Crippen LogP contribution in [0.25, 0.3) is 0 Å². The summed E-state index contributed by atoms with van der Waals surface area (Å²) in [4.78, 5) is 24.9. The lowest BCUT2D eigenvalue weighted by atomic mass is 9.89. The first kappa shape index (κ1) is 18.7. The van der Waals surface area contributed by atoms with Crippen molar-refractivity contribution in [2.24, 2.45) is 5.92 Å². The van der Waals surface area contributed by atoms with Crippen LogP contribution in [0.1, 0.15) is 28.8 Å². The number of anilines is 1. The number of nitro groups is 1. The lowest BCUT2D eigenvalue weighted by Crippen LogP contribution is -2.39. The highest BCUT2D eigenvalue weighted by Crippen LogP contribution is 2.28. The van der Waals surface area contributed by atoms with Gasteiger partial charge in [0.15, 0.2) is 0 Å². The van der Waals surface area contributed by atoms with E-state index < -0.39 is 4.92 Å². The standard InChI is InChI=1S/C20H23N3O4/c1-27-19-5-3-2-4-15(19)12-14-8-10-22(11-9-14)20(24)16-6-7-17(21)18(13-16)23(25)26/h2-7,13-14H,8-12,21H2,1H3. The Balaban J connectivity index is 1.63. The quantitative estimate of drug-likeness (QED) is 0.495. The fourth-order valence-electron chi connectivity index (χ4n) is 3.54. The minimum atomic E-state index is -0.564. The number of rotatable bonds is 5. The van der Waals surface area contributed by atoms with Crippen molar-refractivity contribution in [1.82, 2.24) is 4.90 Å². The van der Waals surface area contributed by atoms with Crippen LogP contribution in [0.5, 0.6) is 5.75 Å². The summed E-state index contributed by atoms with van der Waals surface area (Å²) in [6.45, 7) is 1.27. The van der Waals surface area contributed by atoms with E-state index >= 15 is 0 Å². The van der Waals surface area contributed by atoms with Gasteiger partial charge >= 0.3 is 0 Å². The minimum Gasteiger partial charge on any atom is -0.496 e. The van der Waals surface area contributed by atoms with Gasteiger partial charge in [-0.3, -0.25) is 14.9 Å². The number of ether oxygens (including phenoxy) is 1. The van der Waals surface area contributed by atoms with E-state index in [9.17, 15) is 14.9 Å². The van der Waals surface area contributed by atoms with Crippen molar-refractivity contribution in [2.75, 3.05) is 25.9 Å². The number of nitrogen functional groups attached to an aromatic ring is 1. The maximum absolute atomic E-state index is 12.7. The van der Waals surface area contributed by atoms with Gasteiger partial charge in [0.2, 0.25) is 0 Å². The number of nitro benzene ring substituents is 1. The number of nitrogens with two attached hydrogens (primary N) is 1. The second kappa shape index (κ2) is 8.07. The maximum Gasteiger partial charge on any atom is 0.292 e. The number of hydrogen-bond acceptors (Lipinski definition) is 5. The van der Waals surface area contributed by atoms with Crippen molar-refractivity contribution in [3.8, 4) is 5.75 Å². The largest absolute Gasteiger partial charge is 0.496 e. The predicted octanol–water partition coefficient (Wildman–Crippen LogP) is 3.28. The fourth-order valence-corrected chi connectivity index (χ4v) is 3.54. The van der Waals surface area contributed by atoms with Crippen LogP contribution < -0.4 is 10.5 Å². The van der Waals surface area contributed by atoms with Gasteiger partial charge in [-0.15, -0.1) is 0 Å². The van der Waals surface area contributed by atoms with Gasteiger partial charge in [0.05, 0.1) is 12.0 Å². The van der Waals surface area contributed by atoms with Crippen LogP contribution in [0.15, 0.2) is 42.5 Å². The summed E-state index contributed by atoms with van der Waals surface area (Å²) < 4.78 is 5.41. The molecule has 7 nitrogen and oxygen atoms in total. The van der Waals surface area contributed by atoms with Crippen LogP contribution in [-0.2, 0) is 6.42 Å². The highest BCUT2D eigenvalue weighted by Gasteiger charge is 2.26. The Kier molecular flexibility index (Phi) is 5.59.